The molecule has 0 atom stereocenters. The first kappa shape index (κ1) is 14.9. The average Bonchev–Trinajstić information content (AvgIpc) is 2.83. The molecule has 0 spiro atoms. The predicted molar refractivity (Wildman–Crippen MR) is 69.1 cm³/mol. The summed E-state index contributed by atoms with van der Waals surface area (Å²) in [6.07, 6.45) is -4.13. The van der Waals surface area contributed by atoms with Crippen LogP contribution in [0.2, 0.25) is 0 Å². The molecular formula is C13H12F3N3O2. The zero-order valence-corrected chi connectivity index (χ0v) is 11.0. The van der Waals surface area contributed by atoms with Gasteiger partial charge in [-0.2, -0.15) is 18.3 Å². The average molecular weight is 299 g/mol. The highest BCUT2D eigenvalue weighted by Crippen LogP contribution is 2.22. The zero-order valence-electron chi connectivity index (χ0n) is 11.0. The lowest BCUT2D eigenvalue weighted by atomic mass is 10.1. The topological polar surface area (TPSA) is 70.1 Å². The molecule has 2 aromatic rings. The van der Waals surface area contributed by atoms with Crippen LogP contribution in [0.4, 0.5) is 18.9 Å². The smallest absolute Gasteiger partial charge is 0.394 e. The molecule has 0 aliphatic carbocycles. The number of nitrogens with two attached hydrogens (primary N) is 1. The molecule has 0 fully saturated rings. The molecule has 0 radical (unpaired) electrons. The standard InChI is InChI=1S/C13H12F3N3O2/c1-21-12(20)10-6-8(17)2-3-11(10)19-5-4-9(18-19)7-13(14,15)16/h2-6H,7,17H2,1H3. The van der Waals surface area contributed by atoms with E-state index in [2.05, 4.69) is 9.84 Å². The van der Waals surface area contributed by atoms with Crippen molar-refractivity contribution >= 4 is 11.7 Å². The van der Waals surface area contributed by atoms with Gasteiger partial charge in [0, 0.05) is 11.9 Å². The number of aromatic nitrogens is 2. The number of hydrogen-bond donors (Lipinski definition) is 1. The number of halogens is 3. The van der Waals surface area contributed by atoms with E-state index in [-0.39, 0.29) is 11.3 Å². The number of ether oxygens (including phenoxy) is 1. The molecule has 0 amide bonds. The first-order valence-electron chi connectivity index (χ1n) is 5.89. The monoisotopic (exact) mass is 299 g/mol. The van der Waals surface area contributed by atoms with Crippen LogP contribution in [0.15, 0.2) is 30.5 Å². The van der Waals surface area contributed by atoms with Crippen LogP contribution in [0, 0.1) is 0 Å². The van der Waals surface area contributed by atoms with Crippen molar-refractivity contribution in [3.8, 4) is 5.69 Å². The summed E-state index contributed by atoms with van der Waals surface area (Å²) in [7, 11) is 1.20. The second kappa shape index (κ2) is 5.47. The number of methoxy groups -OCH3 is 1. The molecule has 1 heterocycles. The summed E-state index contributed by atoms with van der Waals surface area (Å²) in [4.78, 5) is 11.7. The first-order chi connectivity index (χ1) is 9.80. The Labute approximate surface area is 118 Å². The van der Waals surface area contributed by atoms with Crippen LogP contribution in [0.3, 0.4) is 0 Å². The number of alkyl halides is 3. The van der Waals surface area contributed by atoms with Gasteiger partial charge in [-0.05, 0) is 24.3 Å². The number of nitrogen functional groups attached to an aromatic ring is 1. The summed E-state index contributed by atoms with van der Waals surface area (Å²) in [5.41, 5.74) is 6.21. The zero-order chi connectivity index (χ0) is 15.6. The maximum absolute atomic E-state index is 12.3. The molecule has 0 aliphatic rings. The lowest BCUT2D eigenvalue weighted by Gasteiger charge is -2.09. The Morgan fingerprint density at radius 1 is 1.38 bits per heavy atom. The molecule has 2 rings (SSSR count). The normalized spacial score (nSPS) is 11.4. The number of nitrogens with zero attached hydrogens (tertiary/aromatic N) is 2. The van der Waals surface area contributed by atoms with E-state index in [0.29, 0.717) is 11.4 Å². The Hall–Kier alpha value is -2.51. The SMILES string of the molecule is COC(=O)c1cc(N)ccc1-n1ccc(CC(F)(F)F)n1. The van der Waals surface area contributed by atoms with Gasteiger partial charge in [0.2, 0.25) is 0 Å². The molecule has 8 heteroatoms. The molecule has 1 aromatic heterocycles. The van der Waals surface area contributed by atoms with Crippen molar-refractivity contribution < 1.29 is 22.7 Å². The number of benzene rings is 1. The van der Waals surface area contributed by atoms with E-state index in [1.165, 1.54) is 42.3 Å². The number of rotatable bonds is 3. The number of anilines is 1. The molecule has 21 heavy (non-hydrogen) atoms. The van der Waals surface area contributed by atoms with Gasteiger partial charge >= 0.3 is 12.1 Å². The van der Waals surface area contributed by atoms with E-state index in [9.17, 15) is 18.0 Å². The lowest BCUT2D eigenvalue weighted by Crippen LogP contribution is -2.13. The Bertz CT molecular complexity index is 665. The summed E-state index contributed by atoms with van der Waals surface area (Å²) in [5, 5.41) is 3.82. The van der Waals surface area contributed by atoms with Crippen molar-refractivity contribution in [2.45, 2.75) is 12.6 Å². The summed E-state index contributed by atoms with van der Waals surface area (Å²) < 4.78 is 42.8. The van der Waals surface area contributed by atoms with Crippen LogP contribution in [0.5, 0.6) is 0 Å². The summed E-state index contributed by atoms with van der Waals surface area (Å²) in [6.45, 7) is 0. The molecule has 0 aliphatic heterocycles. The fourth-order valence-electron chi connectivity index (χ4n) is 1.82. The van der Waals surface area contributed by atoms with E-state index in [0.717, 1.165) is 0 Å². The van der Waals surface area contributed by atoms with Crippen LogP contribution in [-0.4, -0.2) is 29.0 Å². The van der Waals surface area contributed by atoms with E-state index in [1.807, 2.05) is 0 Å². The molecule has 1 aromatic carbocycles. The predicted octanol–water partition coefficient (Wildman–Crippen LogP) is 2.35. The molecule has 0 saturated carbocycles. The van der Waals surface area contributed by atoms with E-state index in [1.54, 1.807) is 0 Å². The van der Waals surface area contributed by atoms with Gasteiger partial charge in [-0.25, -0.2) is 9.48 Å². The number of esters is 1. The lowest BCUT2D eigenvalue weighted by molar-refractivity contribution is -0.127. The fraction of sp³-hybridized carbons (Fsp3) is 0.231. The van der Waals surface area contributed by atoms with Crippen molar-refractivity contribution in [1.29, 1.82) is 0 Å². The van der Waals surface area contributed by atoms with Crippen molar-refractivity contribution in [3.63, 3.8) is 0 Å². The number of carbonyl (C=O) groups is 1. The fourth-order valence-corrected chi connectivity index (χ4v) is 1.82. The summed E-state index contributed by atoms with van der Waals surface area (Å²) in [6, 6.07) is 5.63. The van der Waals surface area contributed by atoms with Gasteiger partial charge in [0.15, 0.2) is 0 Å². The molecule has 0 saturated heterocycles. The van der Waals surface area contributed by atoms with Crippen LogP contribution >= 0.6 is 0 Å². The van der Waals surface area contributed by atoms with E-state index in [4.69, 9.17) is 5.73 Å². The molecule has 0 unspecified atom stereocenters. The third-order valence-corrected chi connectivity index (χ3v) is 2.70. The maximum atomic E-state index is 12.3. The van der Waals surface area contributed by atoms with Gasteiger partial charge in [0.1, 0.15) is 0 Å². The van der Waals surface area contributed by atoms with Crippen molar-refractivity contribution in [2.75, 3.05) is 12.8 Å². The van der Waals surface area contributed by atoms with Gasteiger partial charge in [-0.15, -0.1) is 0 Å². The van der Waals surface area contributed by atoms with Gasteiger partial charge in [0.05, 0.1) is 30.5 Å². The number of hydrogen-bond acceptors (Lipinski definition) is 4. The Morgan fingerprint density at radius 3 is 2.71 bits per heavy atom. The molecule has 112 valence electrons. The minimum absolute atomic E-state index is 0.124. The molecule has 2 N–H and O–H groups in total. The highest BCUT2D eigenvalue weighted by molar-refractivity contribution is 5.94. The first-order valence-corrected chi connectivity index (χ1v) is 5.89. The number of carbonyl (C=O) groups excluding carboxylic acids is 1. The second-order valence-corrected chi connectivity index (χ2v) is 4.31. The van der Waals surface area contributed by atoms with Gasteiger partial charge in [-0.3, -0.25) is 0 Å². The molecular weight excluding hydrogens is 287 g/mol. The van der Waals surface area contributed by atoms with Gasteiger partial charge in [-0.1, -0.05) is 0 Å². The third kappa shape index (κ3) is 3.53. The van der Waals surface area contributed by atoms with Crippen LogP contribution in [0.1, 0.15) is 16.1 Å². The summed E-state index contributed by atoms with van der Waals surface area (Å²) >= 11 is 0. The van der Waals surface area contributed by atoms with Gasteiger partial charge in [0.25, 0.3) is 0 Å². The summed E-state index contributed by atoms with van der Waals surface area (Å²) in [5.74, 6) is -0.648. The van der Waals surface area contributed by atoms with Crippen LogP contribution in [0.25, 0.3) is 5.69 Å². The minimum atomic E-state index is -4.34. The Balaban J connectivity index is 2.40. The largest absolute Gasteiger partial charge is 0.465 e. The third-order valence-electron chi connectivity index (χ3n) is 2.70. The van der Waals surface area contributed by atoms with Crippen molar-refractivity contribution in [1.82, 2.24) is 9.78 Å². The van der Waals surface area contributed by atoms with Crippen LogP contribution in [-0.2, 0) is 11.2 Å². The van der Waals surface area contributed by atoms with Crippen molar-refractivity contribution in [2.24, 2.45) is 0 Å². The Kier molecular flexibility index (Phi) is 3.88. The van der Waals surface area contributed by atoms with Crippen LogP contribution < -0.4 is 5.73 Å². The second-order valence-electron chi connectivity index (χ2n) is 4.31. The molecule has 5 nitrogen and oxygen atoms in total. The van der Waals surface area contributed by atoms with Gasteiger partial charge < -0.3 is 10.5 Å². The molecule has 0 bridgehead atoms. The minimum Gasteiger partial charge on any atom is -0.465 e. The maximum Gasteiger partial charge on any atom is 0.394 e. The Morgan fingerprint density at radius 2 is 2.10 bits per heavy atom. The highest BCUT2D eigenvalue weighted by atomic mass is 19.4. The van der Waals surface area contributed by atoms with E-state index < -0.39 is 18.6 Å². The van der Waals surface area contributed by atoms with Crippen molar-refractivity contribution in [3.05, 3.63) is 41.7 Å². The highest BCUT2D eigenvalue weighted by Gasteiger charge is 2.29. The van der Waals surface area contributed by atoms with E-state index >= 15 is 0 Å². The quantitative estimate of drug-likeness (QED) is 0.697.